The molecule has 0 aromatic heterocycles. The van der Waals surface area contributed by atoms with E-state index in [9.17, 15) is 9.59 Å². The Hall–Kier alpha value is -0.635. The van der Waals surface area contributed by atoms with Crippen molar-refractivity contribution in [3.63, 3.8) is 0 Å². The number of Topliss-reactive ketones (excluding diaryl/α,β-unsaturated/α-hetero) is 1. The first-order chi connectivity index (χ1) is 5.15. The average molecular weight is 151 g/mol. The highest BCUT2D eigenvalue weighted by Gasteiger charge is 2.30. The zero-order valence-corrected chi connectivity index (χ0v) is 6.49. The van der Waals surface area contributed by atoms with E-state index in [4.69, 9.17) is 7.85 Å². The number of aldehydes is 1. The molecule has 4 heteroatoms. The van der Waals surface area contributed by atoms with E-state index in [1.165, 1.54) is 0 Å². The molecule has 3 nitrogen and oxygen atoms in total. The number of carbonyl (C=O) groups excluding carboxylic acids is 2. The summed E-state index contributed by atoms with van der Waals surface area (Å²) in [5.41, 5.74) is 0. The first-order valence-electron chi connectivity index (χ1n) is 3.60. The van der Waals surface area contributed by atoms with E-state index in [2.05, 4.69) is 0 Å². The molecule has 0 aromatic rings. The molecule has 1 rings (SSSR count). The first-order valence-corrected chi connectivity index (χ1v) is 3.60. The number of ketones is 1. The summed E-state index contributed by atoms with van der Waals surface area (Å²) in [5, 5.41) is 0. The molecule has 1 aliphatic heterocycles. The van der Waals surface area contributed by atoms with Crippen molar-refractivity contribution in [2.45, 2.75) is 18.3 Å². The fourth-order valence-electron chi connectivity index (χ4n) is 1.45. The van der Waals surface area contributed by atoms with Crippen LogP contribution in [0.25, 0.3) is 0 Å². The van der Waals surface area contributed by atoms with E-state index < -0.39 is 0 Å². The molecule has 0 bridgehead atoms. The van der Waals surface area contributed by atoms with Gasteiger partial charge in [0.2, 0.25) is 5.78 Å². The fraction of sp³-hybridized carbons (Fsp3) is 0.714. The molecule has 0 spiro atoms. The molecule has 1 aliphatic rings. The fourth-order valence-corrected chi connectivity index (χ4v) is 1.45. The van der Waals surface area contributed by atoms with Crippen LogP contribution in [0.3, 0.4) is 0 Å². The van der Waals surface area contributed by atoms with Crippen molar-refractivity contribution in [3.8, 4) is 0 Å². The number of rotatable bonds is 2. The van der Waals surface area contributed by atoms with Gasteiger partial charge in [-0.05, 0) is 20.0 Å². The smallest absolute Gasteiger partial charge is 0.212 e. The van der Waals surface area contributed by atoms with Crippen LogP contribution in [0, 0.1) is 0 Å². The van der Waals surface area contributed by atoms with Crippen molar-refractivity contribution in [1.82, 2.24) is 4.90 Å². The summed E-state index contributed by atoms with van der Waals surface area (Å²) >= 11 is 0. The molecule has 11 heavy (non-hydrogen) atoms. The number of nitrogens with zero attached hydrogens (tertiary/aromatic N) is 1. The van der Waals surface area contributed by atoms with Gasteiger partial charge in [-0.1, -0.05) is 5.82 Å². The summed E-state index contributed by atoms with van der Waals surface area (Å²) in [6.45, 7) is 0.699. The summed E-state index contributed by atoms with van der Waals surface area (Å²) in [4.78, 5) is 22.9. The van der Waals surface area contributed by atoms with Gasteiger partial charge in [-0.3, -0.25) is 14.5 Å². The summed E-state index contributed by atoms with van der Waals surface area (Å²) in [6.07, 6.45) is 0.979. The van der Waals surface area contributed by atoms with Gasteiger partial charge in [-0.25, -0.2) is 0 Å². The molecule has 0 aliphatic carbocycles. The Balaban J connectivity index is 2.59. The van der Waals surface area contributed by atoms with Crippen molar-refractivity contribution in [3.05, 3.63) is 0 Å². The Morgan fingerprint density at radius 2 is 2.36 bits per heavy atom. The topological polar surface area (TPSA) is 37.4 Å². The number of likely N-dealkylation sites (tertiary alicyclic amines) is 1. The van der Waals surface area contributed by atoms with Gasteiger partial charge >= 0.3 is 0 Å². The first kappa shape index (κ1) is 8.46. The lowest BCUT2D eigenvalue weighted by Crippen LogP contribution is -2.33. The van der Waals surface area contributed by atoms with Crippen molar-refractivity contribution in [2.75, 3.05) is 13.6 Å². The standard InChI is InChI=1S/C7H10BNO2/c1-9-3-5(8)2-6(9)7(11)4-10/h4-6H,2-3H2,1H3. The van der Waals surface area contributed by atoms with Crippen LogP contribution in [0.15, 0.2) is 0 Å². The third-order valence-corrected chi connectivity index (χ3v) is 2.03. The zero-order chi connectivity index (χ0) is 8.43. The molecular weight excluding hydrogens is 141 g/mol. The minimum atomic E-state index is -0.361. The predicted octanol–water partition coefficient (Wildman–Crippen LogP) is -0.585. The van der Waals surface area contributed by atoms with Crippen molar-refractivity contribution in [1.29, 1.82) is 0 Å². The molecule has 0 amide bonds. The molecule has 2 atom stereocenters. The monoisotopic (exact) mass is 151 g/mol. The predicted molar refractivity (Wildman–Crippen MR) is 41.6 cm³/mol. The SMILES string of the molecule is [B]C1CC(C(=O)C=O)N(C)C1. The van der Waals surface area contributed by atoms with Crippen molar-refractivity contribution < 1.29 is 9.59 Å². The molecule has 2 radical (unpaired) electrons. The number of hydrogen-bond donors (Lipinski definition) is 0. The molecule has 58 valence electrons. The normalized spacial score (nSPS) is 32.1. The molecule has 0 aromatic carbocycles. The number of carbonyl (C=O) groups is 2. The molecule has 1 heterocycles. The van der Waals surface area contributed by atoms with Gasteiger partial charge in [0.15, 0.2) is 6.29 Å². The van der Waals surface area contributed by atoms with E-state index in [0.717, 1.165) is 0 Å². The average Bonchev–Trinajstić information content (AvgIpc) is 2.28. The van der Waals surface area contributed by atoms with Gasteiger partial charge in [0.1, 0.15) is 0 Å². The second-order valence-electron chi connectivity index (χ2n) is 2.97. The van der Waals surface area contributed by atoms with Crippen LogP contribution in [0.5, 0.6) is 0 Å². The van der Waals surface area contributed by atoms with Crippen molar-refractivity contribution in [2.24, 2.45) is 0 Å². The Morgan fingerprint density at radius 1 is 1.73 bits per heavy atom. The van der Waals surface area contributed by atoms with Gasteiger partial charge in [-0.2, -0.15) is 0 Å². The lowest BCUT2D eigenvalue weighted by molar-refractivity contribution is -0.132. The van der Waals surface area contributed by atoms with E-state index in [1.54, 1.807) is 7.05 Å². The van der Waals surface area contributed by atoms with Crippen LogP contribution in [-0.4, -0.2) is 44.4 Å². The summed E-state index contributed by atoms with van der Waals surface area (Å²) in [5.74, 6) is -0.325. The highest BCUT2D eigenvalue weighted by atomic mass is 16.2. The number of hydrogen-bond acceptors (Lipinski definition) is 3. The van der Waals surface area contributed by atoms with Crippen LogP contribution >= 0.6 is 0 Å². The lowest BCUT2D eigenvalue weighted by atomic mass is 9.85. The van der Waals surface area contributed by atoms with Crippen LogP contribution < -0.4 is 0 Å². The molecule has 1 fully saturated rings. The zero-order valence-electron chi connectivity index (χ0n) is 6.49. The maximum atomic E-state index is 10.9. The van der Waals surface area contributed by atoms with Gasteiger partial charge in [0, 0.05) is 0 Å². The highest BCUT2D eigenvalue weighted by Crippen LogP contribution is 2.23. The van der Waals surface area contributed by atoms with Crippen LogP contribution in [0.4, 0.5) is 0 Å². The van der Waals surface area contributed by atoms with Crippen LogP contribution in [0.1, 0.15) is 6.42 Å². The minimum Gasteiger partial charge on any atom is -0.297 e. The third-order valence-electron chi connectivity index (χ3n) is 2.03. The van der Waals surface area contributed by atoms with Crippen LogP contribution in [-0.2, 0) is 9.59 Å². The minimum absolute atomic E-state index is 0.0360. The van der Waals surface area contributed by atoms with Crippen LogP contribution in [0.2, 0.25) is 5.82 Å². The number of likely N-dealkylation sites (N-methyl/N-ethyl adjacent to an activating group) is 1. The molecular formula is C7H10BNO2. The van der Waals surface area contributed by atoms with E-state index in [0.29, 0.717) is 19.3 Å². The summed E-state index contributed by atoms with van der Waals surface area (Å²) in [7, 11) is 7.40. The second-order valence-corrected chi connectivity index (χ2v) is 2.97. The van der Waals surface area contributed by atoms with Crippen molar-refractivity contribution >= 4 is 19.9 Å². The Labute approximate surface area is 67.2 Å². The quantitative estimate of drug-likeness (QED) is 0.301. The molecule has 0 N–H and O–H groups in total. The Morgan fingerprint density at radius 3 is 2.73 bits per heavy atom. The Bertz CT molecular complexity index is 183. The highest BCUT2D eigenvalue weighted by molar-refractivity contribution is 6.28. The maximum Gasteiger partial charge on any atom is 0.212 e. The van der Waals surface area contributed by atoms with E-state index >= 15 is 0 Å². The van der Waals surface area contributed by atoms with Gasteiger partial charge in [0.25, 0.3) is 0 Å². The summed E-state index contributed by atoms with van der Waals surface area (Å²) < 4.78 is 0. The lowest BCUT2D eigenvalue weighted by Gasteiger charge is -2.14. The summed E-state index contributed by atoms with van der Waals surface area (Å²) in [6, 6.07) is -0.275. The third kappa shape index (κ3) is 1.68. The van der Waals surface area contributed by atoms with Gasteiger partial charge in [0.05, 0.1) is 13.9 Å². The maximum absolute atomic E-state index is 10.9. The molecule has 1 saturated heterocycles. The van der Waals surface area contributed by atoms with E-state index in [1.807, 2.05) is 4.90 Å². The largest absolute Gasteiger partial charge is 0.297 e. The Kier molecular flexibility index (Phi) is 2.44. The molecule has 0 saturated carbocycles. The molecule has 2 unspecified atom stereocenters. The second kappa shape index (κ2) is 3.18. The van der Waals surface area contributed by atoms with E-state index in [-0.39, 0.29) is 17.6 Å². The van der Waals surface area contributed by atoms with Gasteiger partial charge < -0.3 is 0 Å². The van der Waals surface area contributed by atoms with Gasteiger partial charge in [-0.15, -0.1) is 0 Å².